The molecule has 1 aromatic heterocycles. The molecule has 1 aliphatic rings. The molecule has 0 radical (unpaired) electrons. The van der Waals surface area contributed by atoms with Gasteiger partial charge in [-0.2, -0.15) is 5.10 Å². The highest BCUT2D eigenvalue weighted by atomic mass is 16.1. The number of rotatable bonds is 6. The Bertz CT molecular complexity index is 396. The van der Waals surface area contributed by atoms with Crippen molar-refractivity contribution in [3.8, 4) is 0 Å². The molecular formula is C14H24N4O. The predicted octanol–water partition coefficient (Wildman–Crippen LogP) is 1.00. The first kappa shape index (κ1) is 14.1. The summed E-state index contributed by atoms with van der Waals surface area (Å²) < 4.78 is 1.78. The van der Waals surface area contributed by atoms with Gasteiger partial charge in [0.1, 0.15) is 0 Å². The Morgan fingerprint density at radius 3 is 3.16 bits per heavy atom. The van der Waals surface area contributed by atoms with Crippen LogP contribution in [0.5, 0.6) is 0 Å². The number of amides is 1. The summed E-state index contributed by atoms with van der Waals surface area (Å²) >= 11 is 0. The van der Waals surface area contributed by atoms with E-state index in [1.807, 2.05) is 19.4 Å². The van der Waals surface area contributed by atoms with Gasteiger partial charge in [0.05, 0.1) is 6.20 Å². The molecule has 0 saturated carbocycles. The standard InChI is InChI=1S/C14H24N4O/c1-18-11-12(10-17-18)7-9-16-14(19)6-5-13-4-2-3-8-15-13/h10-11,13,15H,2-9H2,1H3,(H,16,19). The minimum atomic E-state index is 0.163. The van der Waals surface area contributed by atoms with Gasteiger partial charge in [-0.15, -0.1) is 0 Å². The van der Waals surface area contributed by atoms with Crippen LogP contribution in [0.4, 0.5) is 0 Å². The number of nitrogens with zero attached hydrogens (tertiary/aromatic N) is 2. The third-order valence-electron chi connectivity index (χ3n) is 3.63. The lowest BCUT2D eigenvalue weighted by molar-refractivity contribution is -0.121. The molecule has 2 heterocycles. The van der Waals surface area contributed by atoms with Crippen molar-refractivity contribution in [2.45, 2.75) is 44.6 Å². The molecule has 2 rings (SSSR count). The molecule has 5 nitrogen and oxygen atoms in total. The minimum absolute atomic E-state index is 0.163. The number of piperidine rings is 1. The molecule has 19 heavy (non-hydrogen) atoms. The first-order chi connectivity index (χ1) is 9.24. The summed E-state index contributed by atoms with van der Waals surface area (Å²) in [4.78, 5) is 11.7. The third-order valence-corrected chi connectivity index (χ3v) is 3.63. The Hall–Kier alpha value is -1.36. The highest BCUT2D eigenvalue weighted by Gasteiger charge is 2.13. The first-order valence-corrected chi connectivity index (χ1v) is 7.21. The van der Waals surface area contributed by atoms with E-state index in [1.165, 1.54) is 19.3 Å². The van der Waals surface area contributed by atoms with Gasteiger partial charge in [-0.25, -0.2) is 0 Å². The lowest BCUT2D eigenvalue weighted by Crippen LogP contribution is -2.35. The van der Waals surface area contributed by atoms with E-state index in [9.17, 15) is 4.79 Å². The summed E-state index contributed by atoms with van der Waals surface area (Å²) in [6.07, 6.45) is 10.0. The van der Waals surface area contributed by atoms with Crippen LogP contribution >= 0.6 is 0 Å². The number of hydrogen-bond acceptors (Lipinski definition) is 3. The summed E-state index contributed by atoms with van der Waals surface area (Å²) in [5, 5.41) is 10.6. The van der Waals surface area contributed by atoms with Crippen molar-refractivity contribution in [2.75, 3.05) is 13.1 Å². The van der Waals surface area contributed by atoms with E-state index in [-0.39, 0.29) is 5.91 Å². The zero-order valence-corrected chi connectivity index (χ0v) is 11.7. The van der Waals surface area contributed by atoms with E-state index in [0.29, 0.717) is 19.0 Å². The fourth-order valence-electron chi connectivity index (χ4n) is 2.51. The van der Waals surface area contributed by atoms with E-state index in [2.05, 4.69) is 15.7 Å². The van der Waals surface area contributed by atoms with Crippen LogP contribution in [0.25, 0.3) is 0 Å². The Morgan fingerprint density at radius 1 is 1.58 bits per heavy atom. The number of aromatic nitrogens is 2. The first-order valence-electron chi connectivity index (χ1n) is 7.21. The third kappa shape index (κ3) is 5.03. The van der Waals surface area contributed by atoms with Gasteiger partial charge in [-0.05, 0) is 37.8 Å². The van der Waals surface area contributed by atoms with Crippen molar-refractivity contribution < 1.29 is 4.79 Å². The lowest BCUT2D eigenvalue weighted by atomic mass is 10.0. The van der Waals surface area contributed by atoms with E-state index in [4.69, 9.17) is 0 Å². The van der Waals surface area contributed by atoms with Crippen LogP contribution in [-0.2, 0) is 18.3 Å². The van der Waals surface area contributed by atoms with Crippen LogP contribution in [0.3, 0.4) is 0 Å². The minimum Gasteiger partial charge on any atom is -0.356 e. The van der Waals surface area contributed by atoms with Gasteiger partial charge in [0, 0.05) is 32.3 Å². The molecule has 1 aliphatic heterocycles. The lowest BCUT2D eigenvalue weighted by Gasteiger charge is -2.23. The maximum absolute atomic E-state index is 11.7. The Balaban J connectivity index is 1.56. The van der Waals surface area contributed by atoms with Gasteiger partial charge >= 0.3 is 0 Å². The molecule has 5 heteroatoms. The maximum atomic E-state index is 11.7. The van der Waals surface area contributed by atoms with Crippen molar-refractivity contribution in [3.05, 3.63) is 18.0 Å². The second-order valence-electron chi connectivity index (χ2n) is 5.31. The fraction of sp³-hybridized carbons (Fsp3) is 0.714. The van der Waals surface area contributed by atoms with E-state index in [0.717, 1.165) is 24.9 Å². The SMILES string of the molecule is Cn1cc(CCNC(=O)CCC2CCCCN2)cn1. The van der Waals surface area contributed by atoms with E-state index in [1.54, 1.807) is 4.68 Å². The van der Waals surface area contributed by atoms with Crippen molar-refractivity contribution in [1.82, 2.24) is 20.4 Å². The molecule has 1 unspecified atom stereocenters. The van der Waals surface area contributed by atoms with Crippen LogP contribution in [0.15, 0.2) is 12.4 Å². The topological polar surface area (TPSA) is 59.0 Å². The molecule has 0 aliphatic carbocycles. The summed E-state index contributed by atoms with van der Waals surface area (Å²) in [7, 11) is 1.90. The molecule has 1 fully saturated rings. The molecule has 2 N–H and O–H groups in total. The molecule has 0 aromatic carbocycles. The van der Waals surface area contributed by atoms with Gasteiger partial charge in [0.25, 0.3) is 0 Å². The summed E-state index contributed by atoms with van der Waals surface area (Å²) in [5.41, 5.74) is 1.16. The van der Waals surface area contributed by atoms with Gasteiger partial charge < -0.3 is 10.6 Å². The summed E-state index contributed by atoms with van der Waals surface area (Å²) in [5.74, 6) is 0.163. The van der Waals surface area contributed by atoms with Gasteiger partial charge in [-0.3, -0.25) is 9.48 Å². The molecule has 1 saturated heterocycles. The van der Waals surface area contributed by atoms with Crippen molar-refractivity contribution in [3.63, 3.8) is 0 Å². The van der Waals surface area contributed by atoms with Crippen molar-refractivity contribution in [1.29, 1.82) is 0 Å². The number of aryl methyl sites for hydroxylation is 1. The highest BCUT2D eigenvalue weighted by molar-refractivity contribution is 5.75. The number of nitrogens with one attached hydrogen (secondary N) is 2. The van der Waals surface area contributed by atoms with Gasteiger partial charge in [0.15, 0.2) is 0 Å². The predicted molar refractivity (Wildman–Crippen MR) is 74.8 cm³/mol. The van der Waals surface area contributed by atoms with Gasteiger partial charge in [0.2, 0.25) is 5.91 Å². The van der Waals surface area contributed by atoms with Crippen LogP contribution < -0.4 is 10.6 Å². The molecule has 1 aromatic rings. The molecule has 1 amide bonds. The smallest absolute Gasteiger partial charge is 0.220 e. The van der Waals surface area contributed by atoms with Crippen LogP contribution in [0.2, 0.25) is 0 Å². The fourth-order valence-corrected chi connectivity index (χ4v) is 2.51. The van der Waals surface area contributed by atoms with Crippen LogP contribution in [0.1, 0.15) is 37.7 Å². The largest absolute Gasteiger partial charge is 0.356 e. The quantitative estimate of drug-likeness (QED) is 0.806. The van der Waals surface area contributed by atoms with Gasteiger partial charge in [-0.1, -0.05) is 6.42 Å². The average Bonchev–Trinajstić information content (AvgIpc) is 2.83. The Labute approximate surface area is 114 Å². The summed E-state index contributed by atoms with van der Waals surface area (Å²) in [6, 6.07) is 0.540. The zero-order chi connectivity index (χ0) is 13.5. The van der Waals surface area contributed by atoms with E-state index < -0.39 is 0 Å². The number of carbonyl (C=O) groups is 1. The molecule has 1 atom stereocenters. The Morgan fingerprint density at radius 2 is 2.47 bits per heavy atom. The second-order valence-corrected chi connectivity index (χ2v) is 5.31. The molecule has 106 valence electrons. The van der Waals surface area contributed by atoms with E-state index >= 15 is 0 Å². The highest BCUT2D eigenvalue weighted by Crippen LogP contribution is 2.11. The average molecular weight is 264 g/mol. The second kappa shape index (κ2) is 7.28. The van der Waals surface area contributed by atoms with Crippen LogP contribution in [0, 0.1) is 0 Å². The van der Waals surface area contributed by atoms with Crippen molar-refractivity contribution >= 4 is 5.91 Å². The molecule has 0 spiro atoms. The monoisotopic (exact) mass is 264 g/mol. The van der Waals surface area contributed by atoms with Crippen LogP contribution in [-0.4, -0.2) is 34.8 Å². The Kier molecular flexibility index (Phi) is 5.39. The normalized spacial score (nSPS) is 19.3. The number of carbonyl (C=O) groups excluding carboxylic acids is 1. The van der Waals surface area contributed by atoms with Crippen molar-refractivity contribution in [2.24, 2.45) is 7.05 Å². The zero-order valence-electron chi connectivity index (χ0n) is 11.7. The maximum Gasteiger partial charge on any atom is 0.220 e. The molecular weight excluding hydrogens is 240 g/mol. The number of hydrogen-bond donors (Lipinski definition) is 2. The summed E-state index contributed by atoms with van der Waals surface area (Å²) in [6.45, 7) is 1.80. The molecule has 0 bridgehead atoms.